The molecule has 0 amide bonds. The van der Waals surface area contributed by atoms with Crippen LogP contribution in [0, 0.1) is 17.3 Å². The highest BCUT2D eigenvalue weighted by atomic mass is 16.5. The molecule has 1 N–H and O–H groups in total. The molecule has 2 aromatic carbocycles. The lowest BCUT2D eigenvalue weighted by Crippen LogP contribution is -2.23. The number of pyridine rings is 1. The predicted molar refractivity (Wildman–Crippen MR) is 160 cm³/mol. The van der Waals surface area contributed by atoms with E-state index in [1.165, 1.54) is 28.7 Å². The first kappa shape index (κ1) is 27.8. The van der Waals surface area contributed by atoms with Crippen molar-refractivity contribution in [2.24, 2.45) is 17.3 Å². The van der Waals surface area contributed by atoms with Crippen LogP contribution in [0.2, 0.25) is 0 Å². The van der Waals surface area contributed by atoms with Gasteiger partial charge >= 0.3 is 5.97 Å². The Balaban J connectivity index is 1.30. The average molecular weight is 555 g/mol. The molecule has 6 rings (SSSR count). The zero-order valence-electron chi connectivity index (χ0n) is 24.7. The number of ether oxygens (including phenoxy) is 2. The van der Waals surface area contributed by atoms with Gasteiger partial charge in [0.25, 0.3) is 0 Å². The molecule has 3 aliphatic rings. The van der Waals surface area contributed by atoms with Gasteiger partial charge in [-0.2, -0.15) is 0 Å². The first-order valence-electron chi connectivity index (χ1n) is 15.1. The van der Waals surface area contributed by atoms with Crippen molar-refractivity contribution in [1.29, 1.82) is 0 Å². The number of carboxylic acids is 1. The molecule has 6 nitrogen and oxygen atoms in total. The van der Waals surface area contributed by atoms with E-state index in [4.69, 9.17) is 9.47 Å². The van der Waals surface area contributed by atoms with E-state index in [0.717, 1.165) is 62.2 Å². The number of rotatable bonds is 9. The summed E-state index contributed by atoms with van der Waals surface area (Å²) in [4.78, 5) is 18.8. The number of aromatic nitrogens is 1. The van der Waals surface area contributed by atoms with E-state index in [-0.39, 0.29) is 12.0 Å². The molecule has 0 spiro atoms. The Bertz CT molecular complexity index is 1430. The van der Waals surface area contributed by atoms with E-state index in [0.29, 0.717) is 17.2 Å². The maximum atomic E-state index is 11.9. The standard InChI is InChI=1S/C35H42N2O4/c1-22(34(38)39)33(24-6-7-24)27-8-5-23-10-12-30(41-31(23)18-27)26-9-11-29(25-13-15-36-32(19-25)40-4)28(17-26)20-37-16-14-35(2,3)21-37/h5,8-9,11,13,15,17-19,22,24,30,33H,6-7,10,12,14,16,20-21H2,1-4H3,(H,38,39)/t22-,30-,33-/m0/s1. The number of carboxylic acid groups (broad SMARTS) is 1. The Hall–Kier alpha value is -3.38. The van der Waals surface area contributed by atoms with Crippen molar-refractivity contribution in [2.75, 3.05) is 20.2 Å². The molecule has 1 saturated heterocycles. The smallest absolute Gasteiger partial charge is 0.306 e. The molecular weight excluding hydrogens is 512 g/mol. The topological polar surface area (TPSA) is 71.9 Å². The Morgan fingerprint density at radius 1 is 1.15 bits per heavy atom. The number of hydrogen-bond acceptors (Lipinski definition) is 5. The van der Waals surface area contributed by atoms with Gasteiger partial charge in [-0.15, -0.1) is 0 Å². The van der Waals surface area contributed by atoms with Gasteiger partial charge in [-0.05, 0) is 101 Å². The fourth-order valence-corrected chi connectivity index (χ4v) is 6.92. The van der Waals surface area contributed by atoms with Crippen LogP contribution >= 0.6 is 0 Å². The largest absolute Gasteiger partial charge is 0.485 e. The summed E-state index contributed by atoms with van der Waals surface area (Å²) in [6.07, 6.45) is 7.06. The molecule has 1 saturated carbocycles. The second-order valence-electron chi connectivity index (χ2n) is 13.1. The molecule has 3 aromatic rings. The summed E-state index contributed by atoms with van der Waals surface area (Å²) in [7, 11) is 1.65. The number of aryl methyl sites for hydroxylation is 1. The first-order valence-corrected chi connectivity index (χ1v) is 15.1. The van der Waals surface area contributed by atoms with E-state index in [2.05, 4.69) is 66.2 Å². The molecule has 3 atom stereocenters. The van der Waals surface area contributed by atoms with Gasteiger partial charge in [-0.3, -0.25) is 9.69 Å². The number of likely N-dealkylation sites (tertiary alicyclic amines) is 1. The Kier molecular flexibility index (Phi) is 7.54. The molecule has 1 aliphatic carbocycles. The van der Waals surface area contributed by atoms with Gasteiger partial charge in [-0.1, -0.05) is 51.1 Å². The highest BCUT2D eigenvalue weighted by Gasteiger charge is 2.39. The molecule has 6 heteroatoms. The van der Waals surface area contributed by atoms with Crippen molar-refractivity contribution in [3.05, 3.63) is 77.0 Å². The van der Waals surface area contributed by atoms with Gasteiger partial charge in [0.2, 0.25) is 5.88 Å². The monoisotopic (exact) mass is 554 g/mol. The average Bonchev–Trinajstić information content (AvgIpc) is 3.74. The van der Waals surface area contributed by atoms with Crippen LogP contribution in [0.3, 0.4) is 0 Å². The van der Waals surface area contributed by atoms with Crippen molar-refractivity contribution in [1.82, 2.24) is 9.88 Å². The predicted octanol–water partition coefficient (Wildman–Crippen LogP) is 7.27. The van der Waals surface area contributed by atoms with Gasteiger partial charge < -0.3 is 14.6 Å². The third kappa shape index (κ3) is 5.99. The van der Waals surface area contributed by atoms with Crippen LogP contribution in [0.15, 0.2) is 54.7 Å². The van der Waals surface area contributed by atoms with Crippen LogP contribution in [0.5, 0.6) is 11.6 Å². The summed E-state index contributed by atoms with van der Waals surface area (Å²) >= 11 is 0. The minimum Gasteiger partial charge on any atom is -0.485 e. The number of aliphatic carboxylic acids is 1. The molecule has 3 heterocycles. The van der Waals surface area contributed by atoms with E-state index in [1.807, 2.05) is 19.2 Å². The number of fused-ring (bicyclic) bond motifs is 1. The van der Waals surface area contributed by atoms with Crippen molar-refractivity contribution < 1.29 is 19.4 Å². The first-order chi connectivity index (χ1) is 19.7. The molecule has 0 unspecified atom stereocenters. The van der Waals surface area contributed by atoms with Crippen LogP contribution in [0.1, 0.15) is 80.7 Å². The molecule has 2 fully saturated rings. The molecule has 1 aromatic heterocycles. The van der Waals surface area contributed by atoms with Crippen LogP contribution in [-0.2, 0) is 17.8 Å². The molecule has 216 valence electrons. The van der Waals surface area contributed by atoms with Crippen molar-refractivity contribution in [2.45, 2.75) is 71.4 Å². The molecule has 41 heavy (non-hydrogen) atoms. The molecular formula is C35H42N2O4. The highest BCUT2D eigenvalue weighted by Crippen LogP contribution is 2.48. The summed E-state index contributed by atoms with van der Waals surface area (Å²) in [6, 6.07) is 17.3. The third-order valence-corrected chi connectivity index (χ3v) is 9.39. The fraction of sp³-hybridized carbons (Fsp3) is 0.486. The lowest BCUT2D eigenvalue weighted by molar-refractivity contribution is -0.142. The minimum absolute atomic E-state index is 0.0368. The summed E-state index contributed by atoms with van der Waals surface area (Å²) in [5.74, 6) is 0.889. The lowest BCUT2D eigenvalue weighted by atomic mass is 9.82. The van der Waals surface area contributed by atoms with Gasteiger partial charge in [0, 0.05) is 25.4 Å². The number of benzene rings is 2. The Morgan fingerprint density at radius 3 is 2.68 bits per heavy atom. The second-order valence-corrected chi connectivity index (χ2v) is 13.1. The molecule has 0 radical (unpaired) electrons. The van der Waals surface area contributed by atoms with E-state index < -0.39 is 11.9 Å². The number of hydrogen-bond donors (Lipinski definition) is 1. The highest BCUT2D eigenvalue weighted by molar-refractivity contribution is 5.71. The van der Waals surface area contributed by atoms with Crippen molar-refractivity contribution in [3.8, 4) is 22.8 Å². The zero-order valence-corrected chi connectivity index (χ0v) is 24.7. The number of carbonyl (C=O) groups is 1. The van der Waals surface area contributed by atoms with Crippen LogP contribution in [0.4, 0.5) is 0 Å². The van der Waals surface area contributed by atoms with Crippen LogP contribution in [-0.4, -0.2) is 41.2 Å². The summed E-state index contributed by atoms with van der Waals surface area (Å²) in [5, 5.41) is 9.77. The summed E-state index contributed by atoms with van der Waals surface area (Å²) < 4.78 is 12.1. The Morgan fingerprint density at radius 2 is 1.98 bits per heavy atom. The van der Waals surface area contributed by atoms with E-state index >= 15 is 0 Å². The van der Waals surface area contributed by atoms with Crippen LogP contribution in [0.25, 0.3) is 11.1 Å². The number of nitrogens with zero attached hydrogens (tertiary/aromatic N) is 2. The normalized spacial score (nSPS) is 21.5. The summed E-state index contributed by atoms with van der Waals surface area (Å²) in [5.41, 5.74) is 7.44. The second kappa shape index (κ2) is 11.1. The van der Waals surface area contributed by atoms with Crippen LogP contribution < -0.4 is 9.47 Å². The van der Waals surface area contributed by atoms with Crippen molar-refractivity contribution in [3.63, 3.8) is 0 Å². The fourth-order valence-electron chi connectivity index (χ4n) is 6.92. The van der Waals surface area contributed by atoms with Gasteiger partial charge in [-0.25, -0.2) is 4.98 Å². The Labute approximate surface area is 243 Å². The minimum atomic E-state index is -0.723. The third-order valence-electron chi connectivity index (χ3n) is 9.39. The lowest BCUT2D eigenvalue weighted by Gasteiger charge is -2.29. The SMILES string of the molecule is COc1cc(-c2ccc([C@@H]3CCc4ccc([C@H](C5CC5)[C@H](C)C(=O)O)cc4O3)cc2CN2CCC(C)(C)C2)ccn1. The maximum absolute atomic E-state index is 11.9. The van der Waals surface area contributed by atoms with E-state index in [1.54, 1.807) is 7.11 Å². The zero-order chi connectivity index (χ0) is 28.7. The van der Waals surface area contributed by atoms with Gasteiger partial charge in [0.05, 0.1) is 13.0 Å². The molecule has 0 bridgehead atoms. The maximum Gasteiger partial charge on any atom is 0.306 e. The van der Waals surface area contributed by atoms with Crippen molar-refractivity contribution >= 4 is 5.97 Å². The number of methoxy groups -OCH3 is 1. The quantitative estimate of drug-likeness (QED) is 0.300. The van der Waals surface area contributed by atoms with E-state index in [9.17, 15) is 9.90 Å². The van der Waals surface area contributed by atoms with Gasteiger partial charge in [0.1, 0.15) is 11.9 Å². The summed E-state index contributed by atoms with van der Waals surface area (Å²) in [6.45, 7) is 9.63. The molecule has 2 aliphatic heterocycles. The van der Waals surface area contributed by atoms with Gasteiger partial charge in [0.15, 0.2) is 0 Å².